The van der Waals surface area contributed by atoms with Crippen molar-refractivity contribution >= 4 is 16.9 Å². The maximum Gasteiger partial charge on any atom is 0.301 e. The lowest BCUT2D eigenvalue weighted by Gasteiger charge is -2.60. The highest BCUT2D eigenvalue weighted by atomic mass is 16.7. The summed E-state index contributed by atoms with van der Waals surface area (Å²) in [6, 6.07) is 8.80. The summed E-state index contributed by atoms with van der Waals surface area (Å²) in [5, 5.41) is 1.08. The predicted molar refractivity (Wildman–Crippen MR) is 144 cm³/mol. The Morgan fingerprint density at radius 2 is 1.81 bits per heavy atom. The number of aromatic nitrogens is 2. The van der Waals surface area contributed by atoms with Crippen LogP contribution in [0.25, 0.3) is 11.0 Å². The van der Waals surface area contributed by atoms with Gasteiger partial charge in [0.1, 0.15) is 0 Å². The van der Waals surface area contributed by atoms with Gasteiger partial charge in [-0.3, -0.25) is 19.3 Å². The molecule has 5 fully saturated rings. The van der Waals surface area contributed by atoms with Crippen LogP contribution in [0.2, 0.25) is 0 Å². The first-order valence-corrected chi connectivity index (χ1v) is 14.4. The molecule has 2 saturated heterocycles. The van der Waals surface area contributed by atoms with Crippen LogP contribution in [0.15, 0.2) is 29.1 Å². The van der Waals surface area contributed by atoms with Crippen molar-refractivity contribution in [3.63, 3.8) is 0 Å². The van der Waals surface area contributed by atoms with Crippen LogP contribution in [0.1, 0.15) is 88.2 Å². The second kappa shape index (κ2) is 9.49. The number of amides is 1. The Bertz CT molecular complexity index is 1220. The second-order valence-corrected chi connectivity index (χ2v) is 12.7. The lowest BCUT2D eigenvalue weighted by Crippen LogP contribution is -2.55. The number of benzene rings is 1. The van der Waals surface area contributed by atoms with Crippen molar-refractivity contribution in [2.75, 3.05) is 20.7 Å². The van der Waals surface area contributed by atoms with Gasteiger partial charge in [0.15, 0.2) is 5.69 Å². The first kappa shape index (κ1) is 25.1. The van der Waals surface area contributed by atoms with E-state index < -0.39 is 5.91 Å². The van der Waals surface area contributed by atoms with E-state index in [1.807, 2.05) is 28.8 Å². The largest absolute Gasteiger partial charge is 0.302 e. The maximum absolute atomic E-state index is 13.8. The van der Waals surface area contributed by atoms with E-state index in [2.05, 4.69) is 23.7 Å². The molecule has 0 N–H and O–H groups in total. The topological polar surface area (TPSA) is 67.7 Å². The van der Waals surface area contributed by atoms with Crippen LogP contribution in [-0.4, -0.2) is 58.2 Å². The average molecular weight is 507 g/mol. The van der Waals surface area contributed by atoms with E-state index in [-0.39, 0.29) is 17.3 Å². The van der Waals surface area contributed by atoms with Gasteiger partial charge in [-0.05, 0) is 93.2 Å². The molecule has 5 aliphatic rings. The third-order valence-electron chi connectivity index (χ3n) is 10.8. The van der Waals surface area contributed by atoms with Crippen molar-refractivity contribution in [1.29, 1.82) is 0 Å². The minimum absolute atomic E-state index is 0.0608. The summed E-state index contributed by atoms with van der Waals surface area (Å²) in [5.41, 5.74) is 1.69. The maximum atomic E-state index is 13.8. The zero-order valence-corrected chi connectivity index (χ0v) is 22.9. The molecule has 0 spiro atoms. The Labute approximate surface area is 220 Å². The van der Waals surface area contributed by atoms with E-state index in [1.165, 1.54) is 65.6 Å². The Balaban J connectivity index is 1.26. The van der Waals surface area contributed by atoms with Crippen LogP contribution < -0.4 is 5.56 Å². The number of para-hydroxylation sites is 2. The molecule has 3 saturated carbocycles. The molecule has 1 aromatic heterocycles. The van der Waals surface area contributed by atoms with Crippen molar-refractivity contribution in [1.82, 2.24) is 19.5 Å². The number of fused-ring (bicyclic) bond motifs is 5. The van der Waals surface area contributed by atoms with Crippen LogP contribution in [0.5, 0.6) is 0 Å². The minimum Gasteiger partial charge on any atom is -0.302 e. The second-order valence-electron chi connectivity index (χ2n) is 12.7. The molecule has 0 radical (unpaired) electrons. The van der Waals surface area contributed by atoms with Crippen LogP contribution in [0, 0.1) is 23.2 Å². The third kappa shape index (κ3) is 4.13. The molecule has 7 heteroatoms. The number of carbonyl (C=O) groups is 1. The van der Waals surface area contributed by atoms with Crippen LogP contribution >= 0.6 is 0 Å². The zero-order chi connectivity index (χ0) is 25.9. The first-order chi connectivity index (χ1) is 17.8. The molecule has 200 valence electrons. The van der Waals surface area contributed by atoms with E-state index in [1.54, 1.807) is 0 Å². The fraction of sp³-hybridized carbons (Fsp3) is 0.700. The molecular weight excluding hydrogens is 464 g/mol. The molecule has 7 rings (SSSR count). The smallest absolute Gasteiger partial charge is 0.301 e. The van der Waals surface area contributed by atoms with Crippen molar-refractivity contribution in [3.8, 4) is 0 Å². The summed E-state index contributed by atoms with van der Waals surface area (Å²) in [7, 11) is 2.94. The number of nitrogens with zero attached hydrogens (tertiary/aromatic N) is 4. The molecule has 3 heterocycles. The number of hydroxylamine groups is 2. The summed E-state index contributed by atoms with van der Waals surface area (Å²) in [4.78, 5) is 39.1. The Kier molecular flexibility index (Phi) is 6.43. The van der Waals surface area contributed by atoms with E-state index in [0.717, 1.165) is 41.2 Å². The normalized spacial score (nSPS) is 32.6. The number of rotatable bonds is 6. The molecule has 2 aromatic rings. The molecule has 1 aromatic carbocycles. The first-order valence-electron chi connectivity index (χ1n) is 14.4. The summed E-state index contributed by atoms with van der Waals surface area (Å²) in [5.74, 6) is 2.24. The van der Waals surface area contributed by atoms with Crippen LogP contribution in [0.4, 0.5) is 0 Å². The van der Waals surface area contributed by atoms with Gasteiger partial charge in [-0.2, -0.15) is 0 Å². The molecular formula is C30H42N4O3. The standard InChI is InChI=1S/C30H42N4O3/c1-30(2)20-13-12-19(24(30)16-20)14-15-33-21-8-7-9-22(33)18-23(17-21)34-26-11-6-5-10-25(26)31-27(29(34)36)28(35)32(3)37-4/h5-6,10-11,19-24H,7-9,12-18H2,1-4H3. The van der Waals surface area contributed by atoms with Crippen molar-refractivity contribution in [2.45, 2.75) is 89.8 Å². The van der Waals surface area contributed by atoms with E-state index in [9.17, 15) is 9.59 Å². The highest BCUT2D eigenvalue weighted by Crippen LogP contribution is 2.62. The zero-order valence-electron chi connectivity index (χ0n) is 22.9. The SMILES string of the molecule is CON(C)C(=O)c1nc2ccccc2n(C2CC3CCCC(C2)N3CCC2CCC3CC2C3(C)C)c1=O. The molecule has 3 aliphatic carbocycles. The van der Waals surface area contributed by atoms with Crippen LogP contribution in [0.3, 0.4) is 0 Å². The summed E-state index contributed by atoms with van der Waals surface area (Å²) in [6.45, 7) is 6.19. The average Bonchev–Trinajstić information content (AvgIpc) is 2.90. The number of hydrogen-bond acceptors (Lipinski definition) is 5. The Hall–Kier alpha value is -2.25. The van der Waals surface area contributed by atoms with Gasteiger partial charge in [-0.1, -0.05) is 32.4 Å². The molecule has 5 atom stereocenters. The van der Waals surface area contributed by atoms with E-state index in [0.29, 0.717) is 23.0 Å². The van der Waals surface area contributed by atoms with Gasteiger partial charge in [-0.25, -0.2) is 10.0 Å². The van der Waals surface area contributed by atoms with Crippen LogP contribution in [-0.2, 0) is 4.84 Å². The van der Waals surface area contributed by atoms with Gasteiger partial charge in [-0.15, -0.1) is 0 Å². The third-order valence-corrected chi connectivity index (χ3v) is 10.8. The van der Waals surface area contributed by atoms with Crippen molar-refractivity contribution < 1.29 is 9.63 Å². The molecule has 2 aliphatic heterocycles. The summed E-state index contributed by atoms with van der Waals surface area (Å²) >= 11 is 0. The lowest BCUT2D eigenvalue weighted by molar-refractivity contribution is -0.111. The molecule has 1 amide bonds. The summed E-state index contributed by atoms with van der Waals surface area (Å²) in [6.07, 6.45) is 11.2. The van der Waals surface area contributed by atoms with Crippen molar-refractivity contribution in [3.05, 3.63) is 40.3 Å². The molecule has 7 nitrogen and oxygen atoms in total. The fourth-order valence-corrected chi connectivity index (χ4v) is 8.54. The Morgan fingerprint density at radius 1 is 1.08 bits per heavy atom. The van der Waals surface area contributed by atoms with Gasteiger partial charge >= 0.3 is 5.91 Å². The molecule has 5 unspecified atom stereocenters. The lowest BCUT2D eigenvalue weighted by atomic mass is 9.45. The van der Waals surface area contributed by atoms with E-state index >= 15 is 0 Å². The highest BCUT2D eigenvalue weighted by Gasteiger charge is 2.54. The van der Waals surface area contributed by atoms with Gasteiger partial charge in [0.2, 0.25) is 0 Å². The highest BCUT2D eigenvalue weighted by molar-refractivity contribution is 5.93. The number of carbonyl (C=O) groups excluding carboxylic acids is 1. The molecule has 4 bridgehead atoms. The molecule has 37 heavy (non-hydrogen) atoms. The Morgan fingerprint density at radius 3 is 2.49 bits per heavy atom. The monoisotopic (exact) mass is 506 g/mol. The fourth-order valence-electron chi connectivity index (χ4n) is 8.54. The predicted octanol–water partition coefficient (Wildman–Crippen LogP) is 5.05. The summed E-state index contributed by atoms with van der Waals surface area (Å²) < 4.78 is 1.89. The van der Waals surface area contributed by atoms with Gasteiger partial charge in [0.25, 0.3) is 5.56 Å². The number of piperidine rings is 2. The van der Waals surface area contributed by atoms with Gasteiger partial charge in [0.05, 0.1) is 18.1 Å². The quantitative estimate of drug-likeness (QED) is 0.513. The van der Waals surface area contributed by atoms with Gasteiger partial charge in [0, 0.05) is 25.2 Å². The van der Waals surface area contributed by atoms with E-state index in [4.69, 9.17) is 4.84 Å². The number of hydrogen-bond donors (Lipinski definition) is 0. The van der Waals surface area contributed by atoms with Gasteiger partial charge < -0.3 is 4.57 Å². The van der Waals surface area contributed by atoms with Crippen molar-refractivity contribution in [2.24, 2.45) is 23.2 Å². The minimum atomic E-state index is -0.502.